The summed E-state index contributed by atoms with van der Waals surface area (Å²) in [6.07, 6.45) is -4.55. The summed E-state index contributed by atoms with van der Waals surface area (Å²) in [6.45, 7) is 1.43. The molecule has 0 unspecified atom stereocenters. The fraction of sp³-hybridized carbons (Fsp3) is 0.235. The molecule has 128 valence electrons. The number of aryl methyl sites for hydroxylation is 1. The zero-order valence-electron chi connectivity index (χ0n) is 13.1. The molecule has 2 rings (SSSR count). The molecule has 0 radical (unpaired) electrons. The predicted octanol–water partition coefficient (Wildman–Crippen LogP) is 4.04. The highest BCUT2D eigenvalue weighted by molar-refractivity contribution is 5.92. The van der Waals surface area contributed by atoms with Crippen molar-refractivity contribution >= 4 is 11.6 Å². The van der Waals surface area contributed by atoms with E-state index in [4.69, 9.17) is 9.47 Å². The lowest BCUT2D eigenvalue weighted by atomic mass is 10.1. The first-order chi connectivity index (χ1) is 11.3. The number of methoxy groups -OCH3 is 1. The van der Waals surface area contributed by atoms with Gasteiger partial charge in [0, 0.05) is 0 Å². The Balaban J connectivity index is 2.05. The van der Waals surface area contributed by atoms with E-state index in [9.17, 15) is 18.0 Å². The first kappa shape index (κ1) is 17.7. The van der Waals surface area contributed by atoms with Gasteiger partial charge >= 0.3 is 6.18 Å². The van der Waals surface area contributed by atoms with Crippen LogP contribution in [0.4, 0.5) is 18.9 Å². The standard InChI is InChI=1S/C17H16F3NO3/c1-11-7-8-14(15(9-11)23-2)24-10-16(22)21-13-6-4-3-5-12(13)17(18,19)20/h3-9H,10H2,1-2H3,(H,21,22). The molecule has 2 aromatic carbocycles. The summed E-state index contributed by atoms with van der Waals surface area (Å²) >= 11 is 0. The molecular weight excluding hydrogens is 323 g/mol. The highest BCUT2D eigenvalue weighted by Crippen LogP contribution is 2.34. The molecule has 1 N–H and O–H groups in total. The number of alkyl halides is 3. The third-order valence-corrected chi connectivity index (χ3v) is 3.18. The minimum absolute atomic E-state index is 0.311. The van der Waals surface area contributed by atoms with Crippen LogP contribution in [0, 0.1) is 6.92 Å². The van der Waals surface area contributed by atoms with E-state index < -0.39 is 24.3 Å². The predicted molar refractivity (Wildman–Crippen MR) is 83.3 cm³/mol. The van der Waals surface area contributed by atoms with Crippen molar-refractivity contribution < 1.29 is 27.4 Å². The van der Waals surface area contributed by atoms with Crippen molar-refractivity contribution in [2.75, 3.05) is 19.0 Å². The minimum atomic E-state index is -4.55. The van der Waals surface area contributed by atoms with Crippen LogP contribution in [-0.2, 0) is 11.0 Å². The lowest BCUT2D eigenvalue weighted by molar-refractivity contribution is -0.137. The molecule has 1 amide bonds. The summed E-state index contributed by atoms with van der Waals surface area (Å²) in [5.41, 5.74) is -0.275. The van der Waals surface area contributed by atoms with Crippen molar-refractivity contribution in [2.24, 2.45) is 0 Å². The van der Waals surface area contributed by atoms with Gasteiger partial charge in [-0.25, -0.2) is 0 Å². The van der Waals surface area contributed by atoms with Gasteiger partial charge in [0.25, 0.3) is 5.91 Å². The van der Waals surface area contributed by atoms with Crippen LogP contribution >= 0.6 is 0 Å². The molecular formula is C17H16F3NO3. The summed E-state index contributed by atoms with van der Waals surface area (Å²) < 4.78 is 49.1. The van der Waals surface area contributed by atoms with Gasteiger partial charge in [0.1, 0.15) is 0 Å². The first-order valence-corrected chi connectivity index (χ1v) is 7.05. The van der Waals surface area contributed by atoms with Crippen molar-refractivity contribution in [3.05, 3.63) is 53.6 Å². The van der Waals surface area contributed by atoms with Crippen molar-refractivity contribution in [3.8, 4) is 11.5 Å². The summed E-state index contributed by atoms with van der Waals surface area (Å²) in [6, 6.07) is 9.89. The van der Waals surface area contributed by atoms with Gasteiger partial charge in [0.15, 0.2) is 18.1 Å². The van der Waals surface area contributed by atoms with Crippen LogP contribution < -0.4 is 14.8 Å². The molecule has 0 saturated carbocycles. The SMILES string of the molecule is COc1cc(C)ccc1OCC(=O)Nc1ccccc1C(F)(F)F. The summed E-state index contributed by atoms with van der Waals surface area (Å²) in [5, 5.41) is 2.21. The number of carbonyl (C=O) groups is 1. The number of hydrogen-bond acceptors (Lipinski definition) is 3. The Hall–Kier alpha value is -2.70. The second-order valence-corrected chi connectivity index (χ2v) is 5.03. The fourth-order valence-corrected chi connectivity index (χ4v) is 2.06. The van der Waals surface area contributed by atoms with Gasteiger partial charge in [-0.15, -0.1) is 0 Å². The molecule has 0 aromatic heterocycles. The number of amides is 1. The van der Waals surface area contributed by atoms with E-state index in [1.807, 2.05) is 6.92 Å². The van der Waals surface area contributed by atoms with E-state index in [1.54, 1.807) is 18.2 Å². The number of rotatable bonds is 5. The second-order valence-electron chi connectivity index (χ2n) is 5.03. The van der Waals surface area contributed by atoms with Gasteiger partial charge in [0.2, 0.25) is 0 Å². The molecule has 2 aromatic rings. The lowest BCUT2D eigenvalue weighted by Crippen LogP contribution is -2.22. The molecule has 0 aliphatic carbocycles. The Bertz CT molecular complexity index is 729. The molecule has 0 spiro atoms. The maximum atomic E-state index is 12.9. The molecule has 0 saturated heterocycles. The van der Waals surface area contributed by atoms with Crippen LogP contribution in [-0.4, -0.2) is 19.6 Å². The maximum absolute atomic E-state index is 12.9. The number of benzene rings is 2. The van der Waals surface area contributed by atoms with Crippen LogP contribution in [0.15, 0.2) is 42.5 Å². The Labute approximate surface area is 137 Å². The average molecular weight is 339 g/mol. The van der Waals surface area contributed by atoms with E-state index in [0.29, 0.717) is 11.5 Å². The molecule has 0 fully saturated rings. The van der Waals surface area contributed by atoms with Crippen LogP contribution in [0.25, 0.3) is 0 Å². The Morgan fingerprint density at radius 2 is 1.83 bits per heavy atom. The molecule has 0 aliphatic rings. The highest BCUT2D eigenvalue weighted by atomic mass is 19.4. The number of halogens is 3. The third-order valence-electron chi connectivity index (χ3n) is 3.18. The van der Waals surface area contributed by atoms with Gasteiger partial charge in [0.05, 0.1) is 18.4 Å². The normalized spacial score (nSPS) is 11.0. The second kappa shape index (κ2) is 7.25. The van der Waals surface area contributed by atoms with Gasteiger partial charge in [-0.1, -0.05) is 18.2 Å². The van der Waals surface area contributed by atoms with Crippen molar-refractivity contribution in [3.63, 3.8) is 0 Å². The zero-order valence-corrected chi connectivity index (χ0v) is 13.1. The van der Waals surface area contributed by atoms with Crippen LogP contribution in [0.2, 0.25) is 0 Å². The van der Waals surface area contributed by atoms with E-state index in [-0.39, 0.29) is 5.69 Å². The van der Waals surface area contributed by atoms with Crippen molar-refractivity contribution in [2.45, 2.75) is 13.1 Å². The van der Waals surface area contributed by atoms with E-state index >= 15 is 0 Å². The highest BCUT2D eigenvalue weighted by Gasteiger charge is 2.33. The molecule has 0 bridgehead atoms. The van der Waals surface area contributed by atoms with E-state index in [0.717, 1.165) is 11.6 Å². The first-order valence-electron chi connectivity index (χ1n) is 7.05. The number of nitrogens with one attached hydrogen (secondary N) is 1. The van der Waals surface area contributed by atoms with E-state index in [2.05, 4.69) is 5.32 Å². The number of anilines is 1. The van der Waals surface area contributed by atoms with E-state index in [1.165, 1.54) is 25.3 Å². The summed E-state index contributed by atoms with van der Waals surface area (Å²) in [5.74, 6) is 0.0789. The molecule has 24 heavy (non-hydrogen) atoms. The molecule has 0 atom stereocenters. The largest absolute Gasteiger partial charge is 0.493 e. The molecule has 4 nitrogen and oxygen atoms in total. The maximum Gasteiger partial charge on any atom is 0.418 e. The number of hydrogen-bond donors (Lipinski definition) is 1. The monoisotopic (exact) mass is 339 g/mol. The number of para-hydroxylation sites is 1. The molecule has 0 aliphatic heterocycles. The summed E-state index contributed by atoms with van der Waals surface area (Å²) in [7, 11) is 1.46. The van der Waals surface area contributed by atoms with Crippen LogP contribution in [0.3, 0.4) is 0 Å². The quantitative estimate of drug-likeness (QED) is 0.894. The van der Waals surface area contributed by atoms with Gasteiger partial charge in [-0.05, 0) is 36.8 Å². The summed E-state index contributed by atoms with van der Waals surface area (Å²) in [4.78, 5) is 11.9. The van der Waals surface area contributed by atoms with Gasteiger partial charge in [-0.2, -0.15) is 13.2 Å². The minimum Gasteiger partial charge on any atom is -0.493 e. The topological polar surface area (TPSA) is 47.6 Å². The van der Waals surface area contributed by atoms with Gasteiger partial charge in [-0.3, -0.25) is 4.79 Å². The van der Waals surface area contributed by atoms with Gasteiger partial charge < -0.3 is 14.8 Å². The molecule has 7 heteroatoms. The number of carbonyl (C=O) groups excluding carboxylic acids is 1. The van der Waals surface area contributed by atoms with Crippen molar-refractivity contribution in [1.82, 2.24) is 0 Å². The zero-order chi connectivity index (χ0) is 17.7. The Morgan fingerprint density at radius 3 is 2.50 bits per heavy atom. The number of ether oxygens (including phenoxy) is 2. The Kier molecular flexibility index (Phi) is 5.33. The van der Waals surface area contributed by atoms with Crippen LogP contribution in [0.5, 0.6) is 11.5 Å². The lowest BCUT2D eigenvalue weighted by Gasteiger charge is -2.14. The fourth-order valence-electron chi connectivity index (χ4n) is 2.06. The molecule has 0 heterocycles. The van der Waals surface area contributed by atoms with Crippen LogP contribution in [0.1, 0.15) is 11.1 Å². The van der Waals surface area contributed by atoms with Crippen molar-refractivity contribution in [1.29, 1.82) is 0 Å². The average Bonchev–Trinajstić information content (AvgIpc) is 2.53. The smallest absolute Gasteiger partial charge is 0.418 e. The Morgan fingerprint density at radius 1 is 1.12 bits per heavy atom. The third kappa shape index (κ3) is 4.41.